The van der Waals surface area contributed by atoms with Crippen molar-refractivity contribution in [2.45, 2.75) is 63.6 Å². The Morgan fingerprint density at radius 1 is 1.00 bits per heavy atom. The van der Waals surface area contributed by atoms with Gasteiger partial charge in [-0.3, -0.25) is 14.5 Å². The largest absolute Gasteiger partial charge is 0.352 e. The molecule has 182 valence electrons. The third kappa shape index (κ3) is 6.32. The number of amides is 2. The van der Waals surface area contributed by atoms with Crippen molar-refractivity contribution in [3.05, 3.63) is 35.6 Å². The Balaban J connectivity index is 1.26. The summed E-state index contributed by atoms with van der Waals surface area (Å²) < 4.78 is 37.1. The number of sulfone groups is 1. The minimum Gasteiger partial charge on any atom is -0.352 e. The van der Waals surface area contributed by atoms with Crippen molar-refractivity contribution in [1.82, 2.24) is 15.1 Å². The molecular weight excluding hydrogens is 445 g/mol. The van der Waals surface area contributed by atoms with E-state index in [0.717, 1.165) is 31.2 Å². The van der Waals surface area contributed by atoms with Gasteiger partial charge in [0.15, 0.2) is 9.84 Å². The molecule has 1 aliphatic carbocycles. The molecule has 2 aliphatic heterocycles. The second kappa shape index (κ2) is 10.5. The molecule has 1 unspecified atom stereocenters. The molecule has 3 aliphatic rings. The average molecular weight is 480 g/mol. The standard InChI is InChI=1S/C24H34FN3O4S/c25-20-7-5-18(6-8-20)15-26-24(30)19-9-12-27(13-10-19)16-23(29)28(21-3-1-2-4-21)22-11-14-33(31,32)17-22/h5-8,19,21-22H,1-4,9-17H2,(H,26,30). The number of nitrogens with one attached hydrogen (secondary N) is 1. The Morgan fingerprint density at radius 3 is 2.27 bits per heavy atom. The SMILES string of the molecule is O=C(NCc1ccc(F)cc1)C1CCN(CC(=O)N(C2CCCC2)C2CCS(=O)(=O)C2)CC1. The van der Waals surface area contributed by atoms with Crippen LogP contribution in [0.15, 0.2) is 24.3 Å². The van der Waals surface area contributed by atoms with Gasteiger partial charge in [0, 0.05) is 24.5 Å². The van der Waals surface area contributed by atoms with Gasteiger partial charge < -0.3 is 10.2 Å². The number of rotatable bonds is 7. The minimum absolute atomic E-state index is 0.00551. The molecule has 2 heterocycles. The van der Waals surface area contributed by atoms with Gasteiger partial charge in [0.1, 0.15) is 5.82 Å². The first-order valence-electron chi connectivity index (χ1n) is 12.1. The number of carbonyl (C=O) groups is 2. The third-order valence-corrected chi connectivity index (χ3v) is 9.06. The molecule has 33 heavy (non-hydrogen) atoms. The van der Waals surface area contributed by atoms with E-state index in [9.17, 15) is 22.4 Å². The second-order valence-electron chi connectivity index (χ2n) is 9.69. The second-order valence-corrected chi connectivity index (χ2v) is 11.9. The number of hydrogen-bond acceptors (Lipinski definition) is 5. The van der Waals surface area contributed by atoms with E-state index in [4.69, 9.17) is 0 Å². The van der Waals surface area contributed by atoms with Gasteiger partial charge in [0.25, 0.3) is 0 Å². The van der Waals surface area contributed by atoms with Gasteiger partial charge in [-0.05, 0) is 62.9 Å². The van der Waals surface area contributed by atoms with Crippen LogP contribution in [0.3, 0.4) is 0 Å². The summed E-state index contributed by atoms with van der Waals surface area (Å²) in [5.41, 5.74) is 0.855. The number of halogens is 1. The zero-order chi connectivity index (χ0) is 23.4. The van der Waals surface area contributed by atoms with E-state index in [-0.39, 0.29) is 53.7 Å². The van der Waals surface area contributed by atoms with Crippen LogP contribution >= 0.6 is 0 Å². The maximum atomic E-state index is 13.3. The van der Waals surface area contributed by atoms with Crippen molar-refractivity contribution in [2.24, 2.45) is 5.92 Å². The van der Waals surface area contributed by atoms with Gasteiger partial charge in [-0.1, -0.05) is 25.0 Å². The normalized spacial score (nSPS) is 24.1. The van der Waals surface area contributed by atoms with Crippen LogP contribution in [0.4, 0.5) is 4.39 Å². The molecule has 1 aromatic rings. The van der Waals surface area contributed by atoms with Crippen LogP contribution in [0.25, 0.3) is 0 Å². The molecular formula is C24H34FN3O4S. The van der Waals surface area contributed by atoms with Crippen LogP contribution < -0.4 is 5.32 Å². The minimum atomic E-state index is -3.05. The summed E-state index contributed by atoms with van der Waals surface area (Å²) in [5, 5.41) is 2.93. The van der Waals surface area contributed by atoms with E-state index < -0.39 is 9.84 Å². The Labute approximate surface area is 195 Å². The van der Waals surface area contributed by atoms with E-state index in [1.165, 1.54) is 12.1 Å². The molecule has 9 heteroatoms. The molecule has 1 saturated carbocycles. The van der Waals surface area contributed by atoms with E-state index >= 15 is 0 Å². The zero-order valence-electron chi connectivity index (χ0n) is 19.0. The fourth-order valence-corrected chi connectivity index (χ4v) is 7.16. The lowest BCUT2D eigenvalue weighted by Crippen LogP contribution is -2.52. The molecule has 0 bridgehead atoms. The number of hydrogen-bond donors (Lipinski definition) is 1. The molecule has 0 spiro atoms. The average Bonchev–Trinajstić information content (AvgIpc) is 3.44. The number of benzene rings is 1. The highest BCUT2D eigenvalue weighted by Gasteiger charge is 2.39. The number of piperidine rings is 1. The van der Waals surface area contributed by atoms with Crippen molar-refractivity contribution in [2.75, 3.05) is 31.1 Å². The van der Waals surface area contributed by atoms with Gasteiger partial charge in [0.2, 0.25) is 11.8 Å². The van der Waals surface area contributed by atoms with Crippen LogP contribution in [-0.4, -0.2) is 73.3 Å². The molecule has 1 aromatic carbocycles. The predicted octanol–water partition coefficient (Wildman–Crippen LogP) is 2.11. The molecule has 4 rings (SSSR count). The van der Waals surface area contributed by atoms with Crippen LogP contribution in [0.5, 0.6) is 0 Å². The molecule has 0 aromatic heterocycles. The van der Waals surface area contributed by atoms with E-state index in [2.05, 4.69) is 10.2 Å². The fourth-order valence-electron chi connectivity index (χ4n) is 5.44. The molecule has 3 fully saturated rings. The Kier molecular flexibility index (Phi) is 7.69. The predicted molar refractivity (Wildman–Crippen MR) is 124 cm³/mol. The summed E-state index contributed by atoms with van der Waals surface area (Å²) in [6.45, 7) is 2.00. The highest BCUT2D eigenvalue weighted by Crippen LogP contribution is 2.29. The molecule has 1 atom stereocenters. The van der Waals surface area contributed by atoms with Crippen molar-refractivity contribution in [1.29, 1.82) is 0 Å². The van der Waals surface area contributed by atoms with Gasteiger partial charge in [-0.2, -0.15) is 0 Å². The van der Waals surface area contributed by atoms with Crippen LogP contribution in [-0.2, 0) is 26.0 Å². The Bertz CT molecular complexity index is 939. The first-order valence-corrected chi connectivity index (χ1v) is 13.9. The van der Waals surface area contributed by atoms with Crippen LogP contribution in [0, 0.1) is 11.7 Å². The number of likely N-dealkylation sites (tertiary alicyclic amines) is 1. The molecule has 2 saturated heterocycles. The smallest absolute Gasteiger partial charge is 0.237 e. The maximum absolute atomic E-state index is 13.3. The van der Waals surface area contributed by atoms with Gasteiger partial charge in [-0.25, -0.2) is 12.8 Å². The van der Waals surface area contributed by atoms with Gasteiger partial charge in [0.05, 0.1) is 18.1 Å². The highest BCUT2D eigenvalue weighted by molar-refractivity contribution is 7.91. The van der Waals surface area contributed by atoms with Crippen molar-refractivity contribution >= 4 is 21.7 Å². The summed E-state index contributed by atoms with van der Waals surface area (Å²) in [7, 11) is -3.05. The summed E-state index contributed by atoms with van der Waals surface area (Å²) >= 11 is 0. The summed E-state index contributed by atoms with van der Waals surface area (Å²) in [4.78, 5) is 29.8. The van der Waals surface area contributed by atoms with Crippen LogP contribution in [0.2, 0.25) is 0 Å². The summed E-state index contributed by atoms with van der Waals surface area (Å²) in [5.74, 6) is -0.106. The highest BCUT2D eigenvalue weighted by atomic mass is 32.2. The number of carbonyl (C=O) groups excluding carboxylic acids is 2. The first-order chi connectivity index (χ1) is 15.8. The lowest BCUT2D eigenvalue weighted by atomic mass is 9.95. The molecule has 7 nitrogen and oxygen atoms in total. The Morgan fingerprint density at radius 2 is 1.67 bits per heavy atom. The third-order valence-electron chi connectivity index (χ3n) is 7.31. The molecule has 1 N–H and O–H groups in total. The topological polar surface area (TPSA) is 86.8 Å². The summed E-state index contributed by atoms with van der Waals surface area (Å²) in [6.07, 6.45) is 6.00. The quantitative estimate of drug-likeness (QED) is 0.647. The van der Waals surface area contributed by atoms with Crippen molar-refractivity contribution in [3.63, 3.8) is 0 Å². The summed E-state index contributed by atoms with van der Waals surface area (Å²) in [6, 6.07) is 6.05. The van der Waals surface area contributed by atoms with Gasteiger partial charge >= 0.3 is 0 Å². The van der Waals surface area contributed by atoms with E-state index in [1.807, 2.05) is 4.90 Å². The fraction of sp³-hybridized carbons (Fsp3) is 0.667. The van der Waals surface area contributed by atoms with Crippen molar-refractivity contribution < 1.29 is 22.4 Å². The molecule has 2 amide bonds. The lowest BCUT2D eigenvalue weighted by molar-refractivity contribution is -0.137. The number of nitrogens with zero attached hydrogens (tertiary/aromatic N) is 2. The monoisotopic (exact) mass is 479 g/mol. The maximum Gasteiger partial charge on any atom is 0.237 e. The van der Waals surface area contributed by atoms with Crippen LogP contribution in [0.1, 0.15) is 50.5 Å². The lowest BCUT2D eigenvalue weighted by Gasteiger charge is -2.37. The van der Waals surface area contributed by atoms with E-state index in [0.29, 0.717) is 38.9 Å². The molecule has 0 radical (unpaired) electrons. The van der Waals surface area contributed by atoms with Gasteiger partial charge in [-0.15, -0.1) is 0 Å². The first kappa shape index (κ1) is 24.1. The van der Waals surface area contributed by atoms with Crippen molar-refractivity contribution in [3.8, 4) is 0 Å². The van der Waals surface area contributed by atoms with E-state index in [1.54, 1.807) is 12.1 Å². The Hall–Kier alpha value is -2.00. The zero-order valence-corrected chi connectivity index (χ0v) is 19.9.